The zero-order chi connectivity index (χ0) is 13.1. The zero-order valence-corrected chi connectivity index (χ0v) is 11.1. The van der Waals surface area contributed by atoms with Gasteiger partial charge in [0.1, 0.15) is 6.61 Å². The summed E-state index contributed by atoms with van der Waals surface area (Å²) in [5, 5.41) is 5.03. The largest absolute Gasteiger partial charge is 0.317 e. The van der Waals surface area contributed by atoms with Crippen LogP contribution in [0.15, 0.2) is 30.3 Å². The molecule has 0 aliphatic carbocycles. The fourth-order valence-electron chi connectivity index (χ4n) is 3.07. The van der Waals surface area contributed by atoms with Crippen molar-refractivity contribution in [1.82, 2.24) is 10.4 Å². The van der Waals surface area contributed by atoms with Gasteiger partial charge < -0.3 is 5.32 Å². The van der Waals surface area contributed by atoms with Crippen molar-refractivity contribution in [3.8, 4) is 0 Å². The van der Waals surface area contributed by atoms with Crippen LogP contribution in [0.5, 0.6) is 0 Å². The summed E-state index contributed by atoms with van der Waals surface area (Å²) < 4.78 is 0. The van der Waals surface area contributed by atoms with Gasteiger partial charge in [-0.2, -0.15) is 0 Å². The van der Waals surface area contributed by atoms with E-state index in [4.69, 9.17) is 4.84 Å². The molecule has 2 fully saturated rings. The Morgan fingerprint density at radius 1 is 1.16 bits per heavy atom. The van der Waals surface area contributed by atoms with Crippen molar-refractivity contribution in [1.29, 1.82) is 0 Å². The molecular formula is C15H20N2O2. The van der Waals surface area contributed by atoms with Crippen LogP contribution < -0.4 is 5.32 Å². The molecule has 4 nitrogen and oxygen atoms in total. The summed E-state index contributed by atoms with van der Waals surface area (Å²) in [6.07, 6.45) is 3.54. The molecule has 2 heterocycles. The standard InChI is InChI=1S/C15H20N2O2/c18-14-6-7-15(8-10-16-11-9-15)17(14)19-12-13-4-2-1-3-5-13/h1-5,16H,6-12H2. The number of hydrogen-bond acceptors (Lipinski definition) is 3. The minimum Gasteiger partial charge on any atom is -0.317 e. The van der Waals surface area contributed by atoms with Crippen LogP contribution in [0, 0.1) is 0 Å². The summed E-state index contributed by atoms with van der Waals surface area (Å²) in [7, 11) is 0. The van der Waals surface area contributed by atoms with Gasteiger partial charge in [0.25, 0.3) is 0 Å². The first-order valence-corrected chi connectivity index (χ1v) is 7.01. The predicted octanol–water partition coefficient (Wildman–Crippen LogP) is 1.86. The second-order valence-corrected chi connectivity index (χ2v) is 5.42. The summed E-state index contributed by atoms with van der Waals surface area (Å²) in [5.41, 5.74) is 1.04. The van der Waals surface area contributed by atoms with Crippen LogP contribution >= 0.6 is 0 Å². The number of carbonyl (C=O) groups is 1. The molecule has 1 N–H and O–H groups in total. The molecule has 2 aliphatic rings. The van der Waals surface area contributed by atoms with E-state index in [1.54, 1.807) is 5.06 Å². The van der Waals surface area contributed by atoms with Crippen LogP contribution in [0.3, 0.4) is 0 Å². The SMILES string of the molecule is O=C1CCC2(CCNCC2)N1OCc1ccccc1. The van der Waals surface area contributed by atoms with E-state index >= 15 is 0 Å². The Hall–Kier alpha value is -1.39. The van der Waals surface area contributed by atoms with Gasteiger partial charge >= 0.3 is 0 Å². The lowest BCUT2D eigenvalue weighted by Crippen LogP contribution is -2.51. The van der Waals surface area contributed by atoms with Crippen LogP contribution in [0.1, 0.15) is 31.2 Å². The maximum atomic E-state index is 12.0. The molecule has 3 rings (SSSR count). The van der Waals surface area contributed by atoms with Gasteiger partial charge in [-0.3, -0.25) is 9.63 Å². The van der Waals surface area contributed by atoms with Gasteiger partial charge in [0.05, 0.1) is 5.54 Å². The molecule has 1 amide bonds. The van der Waals surface area contributed by atoms with Crippen molar-refractivity contribution < 1.29 is 9.63 Å². The molecule has 102 valence electrons. The summed E-state index contributed by atoms with van der Waals surface area (Å²) >= 11 is 0. The van der Waals surface area contributed by atoms with Gasteiger partial charge in [-0.25, -0.2) is 5.06 Å². The number of amides is 1. The van der Waals surface area contributed by atoms with Gasteiger partial charge in [0, 0.05) is 6.42 Å². The Labute approximate surface area is 113 Å². The molecule has 2 aliphatic heterocycles. The lowest BCUT2D eigenvalue weighted by Gasteiger charge is -2.40. The Balaban J connectivity index is 1.69. The van der Waals surface area contributed by atoms with Gasteiger partial charge in [-0.05, 0) is 37.9 Å². The number of rotatable bonds is 3. The Morgan fingerprint density at radius 2 is 1.89 bits per heavy atom. The number of hydroxylamine groups is 2. The molecule has 0 aromatic heterocycles. The van der Waals surface area contributed by atoms with Crippen LogP contribution in [0.2, 0.25) is 0 Å². The summed E-state index contributed by atoms with van der Waals surface area (Å²) in [5.74, 6) is 0.137. The number of piperidine rings is 1. The second kappa shape index (κ2) is 5.31. The number of benzene rings is 1. The number of hydrogen-bond donors (Lipinski definition) is 1. The van der Waals surface area contributed by atoms with E-state index in [1.807, 2.05) is 30.3 Å². The van der Waals surface area contributed by atoms with Crippen molar-refractivity contribution in [2.45, 2.75) is 37.8 Å². The van der Waals surface area contributed by atoms with Crippen molar-refractivity contribution in [2.24, 2.45) is 0 Å². The van der Waals surface area contributed by atoms with Gasteiger partial charge in [-0.1, -0.05) is 30.3 Å². The minimum absolute atomic E-state index is 0.0584. The molecule has 0 atom stereocenters. The minimum atomic E-state index is -0.0584. The van der Waals surface area contributed by atoms with Crippen LogP contribution in [-0.2, 0) is 16.2 Å². The van der Waals surface area contributed by atoms with Crippen LogP contribution in [0.4, 0.5) is 0 Å². The Kier molecular flexibility index (Phi) is 3.53. The first-order chi connectivity index (χ1) is 9.30. The highest BCUT2D eigenvalue weighted by molar-refractivity contribution is 5.78. The molecule has 4 heteroatoms. The molecule has 1 aromatic rings. The lowest BCUT2D eigenvalue weighted by atomic mass is 9.87. The third-order valence-corrected chi connectivity index (χ3v) is 4.20. The van der Waals surface area contributed by atoms with E-state index in [2.05, 4.69) is 5.32 Å². The highest BCUT2D eigenvalue weighted by Gasteiger charge is 2.47. The topological polar surface area (TPSA) is 41.6 Å². The highest BCUT2D eigenvalue weighted by atomic mass is 16.7. The van der Waals surface area contributed by atoms with Crippen LogP contribution in [-0.4, -0.2) is 29.6 Å². The first kappa shape index (κ1) is 12.6. The normalized spacial score (nSPS) is 22.1. The van der Waals surface area contributed by atoms with E-state index in [0.717, 1.165) is 37.9 Å². The van der Waals surface area contributed by atoms with E-state index in [0.29, 0.717) is 13.0 Å². The third-order valence-electron chi connectivity index (χ3n) is 4.20. The van der Waals surface area contributed by atoms with E-state index < -0.39 is 0 Å². The number of carbonyl (C=O) groups excluding carboxylic acids is 1. The molecule has 0 bridgehead atoms. The van der Waals surface area contributed by atoms with Crippen molar-refractivity contribution in [2.75, 3.05) is 13.1 Å². The quantitative estimate of drug-likeness (QED) is 0.902. The lowest BCUT2D eigenvalue weighted by molar-refractivity contribution is -0.219. The summed E-state index contributed by atoms with van der Waals surface area (Å²) in [6, 6.07) is 10.0. The fraction of sp³-hybridized carbons (Fsp3) is 0.533. The molecular weight excluding hydrogens is 240 g/mol. The summed E-state index contributed by atoms with van der Waals surface area (Å²) in [4.78, 5) is 17.9. The molecule has 0 saturated carbocycles. The van der Waals surface area contributed by atoms with Gasteiger partial charge in [-0.15, -0.1) is 0 Å². The Bertz CT molecular complexity index is 441. The molecule has 0 radical (unpaired) electrons. The molecule has 19 heavy (non-hydrogen) atoms. The van der Waals surface area contributed by atoms with E-state index in [-0.39, 0.29) is 11.4 Å². The monoisotopic (exact) mass is 260 g/mol. The average molecular weight is 260 g/mol. The maximum Gasteiger partial charge on any atom is 0.246 e. The predicted molar refractivity (Wildman–Crippen MR) is 72.1 cm³/mol. The van der Waals surface area contributed by atoms with E-state index in [1.165, 1.54) is 0 Å². The molecule has 1 spiro atoms. The number of nitrogens with one attached hydrogen (secondary N) is 1. The maximum absolute atomic E-state index is 12.0. The second-order valence-electron chi connectivity index (χ2n) is 5.42. The molecule has 1 aromatic carbocycles. The highest BCUT2D eigenvalue weighted by Crippen LogP contribution is 2.37. The smallest absolute Gasteiger partial charge is 0.246 e. The van der Waals surface area contributed by atoms with Gasteiger partial charge in [0.2, 0.25) is 5.91 Å². The average Bonchev–Trinajstić information content (AvgIpc) is 2.75. The van der Waals surface area contributed by atoms with Crippen molar-refractivity contribution in [3.63, 3.8) is 0 Å². The number of nitrogens with zero attached hydrogens (tertiary/aromatic N) is 1. The van der Waals surface area contributed by atoms with Crippen molar-refractivity contribution in [3.05, 3.63) is 35.9 Å². The van der Waals surface area contributed by atoms with Gasteiger partial charge in [0.15, 0.2) is 0 Å². The van der Waals surface area contributed by atoms with Crippen LogP contribution in [0.25, 0.3) is 0 Å². The zero-order valence-electron chi connectivity index (χ0n) is 11.1. The molecule has 2 saturated heterocycles. The molecule has 0 unspecified atom stereocenters. The third kappa shape index (κ3) is 2.51. The first-order valence-electron chi connectivity index (χ1n) is 7.01. The fourth-order valence-corrected chi connectivity index (χ4v) is 3.07. The summed E-state index contributed by atoms with van der Waals surface area (Å²) in [6.45, 7) is 2.42. The Morgan fingerprint density at radius 3 is 2.63 bits per heavy atom. The van der Waals surface area contributed by atoms with Crippen molar-refractivity contribution >= 4 is 5.91 Å². The van der Waals surface area contributed by atoms with E-state index in [9.17, 15) is 4.79 Å².